The maximum Gasteiger partial charge on any atom is 0.305 e. The van der Waals surface area contributed by atoms with Crippen molar-refractivity contribution < 1.29 is 22.3 Å². The number of carbonyl (C=O) groups excluding carboxylic acids is 1. The maximum absolute atomic E-state index is 13.0. The van der Waals surface area contributed by atoms with Crippen molar-refractivity contribution in [1.82, 2.24) is 4.72 Å². The summed E-state index contributed by atoms with van der Waals surface area (Å²) in [7, 11) is -3.76. The molecule has 0 heterocycles. The third-order valence-corrected chi connectivity index (χ3v) is 3.89. The smallest absolute Gasteiger partial charge is 0.305 e. The van der Waals surface area contributed by atoms with Gasteiger partial charge in [-0.25, -0.2) is 17.5 Å². The second-order valence-corrected chi connectivity index (χ2v) is 5.76. The third kappa shape index (κ3) is 4.78. The minimum Gasteiger partial charge on any atom is -0.466 e. The highest BCUT2D eigenvalue weighted by Gasteiger charge is 2.15. The molecule has 1 rings (SSSR count). The van der Waals surface area contributed by atoms with Gasteiger partial charge in [0.2, 0.25) is 10.0 Å². The molecule has 1 aromatic carbocycles. The number of anilines is 1. The van der Waals surface area contributed by atoms with Gasteiger partial charge in [-0.1, -0.05) is 0 Å². The summed E-state index contributed by atoms with van der Waals surface area (Å²) in [5, 5.41) is 0. The number of halogens is 1. The standard InChI is InChI=1S/C12H17FN2O4S/c1-2-19-12(16)4-3-7-15-20(17,18)9-5-6-10(13)11(14)8-9/h5-6,8,15H,2-4,7,14H2,1H3. The van der Waals surface area contributed by atoms with Crippen molar-refractivity contribution in [2.45, 2.75) is 24.7 Å². The summed E-state index contributed by atoms with van der Waals surface area (Å²) in [4.78, 5) is 10.9. The minimum atomic E-state index is -3.76. The van der Waals surface area contributed by atoms with Crippen LogP contribution < -0.4 is 10.5 Å². The molecule has 1 aromatic rings. The number of nitrogens with one attached hydrogen (secondary N) is 1. The van der Waals surface area contributed by atoms with Crippen LogP contribution >= 0.6 is 0 Å². The van der Waals surface area contributed by atoms with Crippen LogP contribution in [-0.4, -0.2) is 27.5 Å². The number of benzene rings is 1. The molecule has 8 heteroatoms. The summed E-state index contributed by atoms with van der Waals surface area (Å²) in [5.74, 6) is -1.05. The van der Waals surface area contributed by atoms with Crippen molar-refractivity contribution in [3.63, 3.8) is 0 Å². The van der Waals surface area contributed by atoms with Gasteiger partial charge in [0.1, 0.15) is 5.82 Å². The van der Waals surface area contributed by atoms with Crippen molar-refractivity contribution in [2.24, 2.45) is 0 Å². The molecule has 0 aliphatic heterocycles. The molecule has 0 radical (unpaired) electrons. The summed E-state index contributed by atoms with van der Waals surface area (Å²) in [5.41, 5.74) is 5.08. The van der Waals surface area contributed by atoms with Crippen LogP contribution in [0.4, 0.5) is 10.1 Å². The Hall–Kier alpha value is -1.67. The normalized spacial score (nSPS) is 11.3. The van der Waals surface area contributed by atoms with Crippen molar-refractivity contribution >= 4 is 21.7 Å². The molecular weight excluding hydrogens is 287 g/mol. The van der Waals surface area contributed by atoms with Gasteiger partial charge in [0.15, 0.2) is 0 Å². The second kappa shape index (κ2) is 7.20. The summed E-state index contributed by atoms with van der Waals surface area (Å²) in [6.07, 6.45) is 0.441. The van der Waals surface area contributed by atoms with Gasteiger partial charge in [0.25, 0.3) is 0 Å². The topological polar surface area (TPSA) is 98.5 Å². The number of sulfonamides is 1. The van der Waals surface area contributed by atoms with Crippen LogP contribution in [0, 0.1) is 5.82 Å². The molecule has 0 aliphatic carbocycles. The molecule has 3 N–H and O–H groups in total. The van der Waals surface area contributed by atoms with E-state index in [2.05, 4.69) is 4.72 Å². The zero-order valence-electron chi connectivity index (χ0n) is 11.1. The Morgan fingerprint density at radius 3 is 2.75 bits per heavy atom. The van der Waals surface area contributed by atoms with Gasteiger partial charge >= 0.3 is 5.97 Å². The molecule has 0 aromatic heterocycles. The average Bonchev–Trinajstić information content (AvgIpc) is 2.38. The first-order chi connectivity index (χ1) is 9.36. The third-order valence-electron chi connectivity index (χ3n) is 2.43. The zero-order valence-corrected chi connectivity index (χ0v) is 11.9. The lowest BCUT2D eigenvalue weighted by molar-refractivity contribution is -0.143. The molecule has 112 valence electrons. The number of carbonyl (C=O) groups is 1. The highest BCUT2D eigenvalue weighted by atomic mass is 32.2. The largest absolute Gasteiger partial charge is 0.466 e. The SMILES string of the molecule is CCOC(=O)CCCNS(=O)(=O)c1ccc(F)c(N)c1. The van der Waals surface area contributed by atoms with Crippen LogP contribution in [-0.2, 0) is 19.6 Å². The van der Waals surface area contributed by atoms with Gasteiger partial charge in [-0.15, -0.1) is 0 Å². The molecular formula is C12H17FN2O4S. The van der Waals surface area contributed by atoms with Crippen molar-refractivity contribution in [1.29, 1.82) is 0 Å². The molecule has 0 atom stereocenters. The molecule has 6 nitrogen and oxygen atoms in total. The molecule has 0 fully saturated rings. The van der Waals surface area contributed by atoms with Gasteiger partial charge in [0.05, 0.1) is 17.2 Å². The van der Waals surface area contributed by atoms with E-state index in [-0.39, 0.29) is 29.5 Å². The van der Waals surface area contributed by atoms with Gasteiger partial charge in [-0.05, 0) is 31.5 Å². The molecule has 0 amide bonds. The van der Waals surface area contributed by atoms with Crippen LogP contribution in [0.3, 0.4) is 0 Å². The number of nitrogens with two attached hydrogens (primary N) is 1. The van der Waals surface area contributed by atoms with Crippen LogP contribution in [0.25, 0.3) is 0 Å². The number of rotatable bonds is 7. The van der Waals surface area contributed by atoms with Gasteiger partial charge < -0.3 is 10.5 Å². The highest BCUT2D eigenvalue weighted by molar-refractivity contribution is 7.89. The fourth-order valence-corrected chi connectivity index (χ4v) is 2.55. The lowest BCUT2D eigenvalue weighted by Crippen LogP contribution is -2.25. The summed E-state index contributed by atoms with van der Waals surface area (Å²) < 4.78 is 43.7. The Bertz CT molecular complexity index is 575. The van der Waals surface area contributed by atoms with E-state index in [4.69, 9.17) is 10.5 Å². The van der Waals surface area contributed by atoms with Crippen LogP contribution in [0.1, 0.15) is 19.8 Å². The Morgan fingerprint density at radius 2 is 2.15 bits per heavy atom. The first kappa shape index (κ1) is 16.4. The molecule has 0 aliphatic rings. The molecule has 0 bridgehead atoms. The molecule has 0 saturated carbocycles. The maximum atomic E-state index is 13.0. The summed E-state index contributed by atoms with van der Waals surface area (Å²) in [6, 6.07) is 3.16. The van der Waals surface area contributed by atoms with E-state index in [1.807, 2.05) is 0 Å². The second-order valence-electron chi connectivity index (χ2n) is 3.99. The molecule has 0 unspecified atom stereocenters. The number of ether oxygens (including phenoxy) is 1. The highest BCUT2D eigenvalue weighted by Crippen LogP contribution is 2.16. The van der Waals surface area contributed by atoms with E-state index < -0.39 is 15.8 Å². The Morgan fingerprint density at radius 1 is 1.45 bits per heavy atom. The van der Waals surface area contributed by atoms with E-state index in [0.717, 1.165) is 18.2 Å². The number of hydrogen-bond donors (Lipinski definition) is 2. The van der Waals surface area contributed by atoms with Crippen molar-refractivity contribution in [3.8, 4) is 0 Å². The summed E-state index contributed by atoms with van der Waals surface area (Å²) >= 11 is 0. The predicted molar refractivity (Wildman–Crippen MR) is 71.9 cm³/mol. The van der Waals surface area contributed by atoms with Crippen LogP contribution in [0.5, 0.6) is 0 Å². The predicted octanol–water partition coefficient (Wildman–Crippen LogP) is 1.03. The van der Waals surface area contributed by atoms with E-state index in [9.17, 15) is 17.6 Å². The lowest BCUT2D eigenvalue weighted by Gasteiger charge is -2.07. The number of nitrogen functional groups attached to an aromatic ring is 1. The van der Waals surface area contributed by atoms with Gasteiger partial charge in [-0.3, -0.25) is 4.79 Å². The van der Waals surface area contributed by atoms with E-state index >= 15 is 0 Å². The summed E-state index contributed by atoms with van der Waals surface area (Å²) in [6.45, 7) is 2.07. The minimum absolute atomic E-state index is 0.0818. The van der Waals surface area contributed by atoms with Crippen LogP contribution in [0.2, 0.25) is 0 Å². The molecule has 20 heavy (non-hydrogen) atoms. The monoisotopic (exact) mass is 304 g/mol. The van der Waals surface area contributed by atoms with Crippen molar-refractivity contribution in [2.75, 3.05) is 18.9 Å². The fourth-order valence-electron chi connectivity index (χ4n) is 1.44. The zero-order chi connectivity index (χ0) is 15.2. The van der Waals surface area contributed by atoms with Gasteiger partial charge in [0, 0.05) is 13.0 Å². The first-order valence-electron chi connectivity index (χ1n) is 6.07. The molecule has 0 saturated heterocycles. The number of esters is 1. The lowest BCUT2D eigenvalue weighted by atomic mass is 10.3. The Labute approximate surface area is 117 Å². The number of hydrogen-bond acceptors (Lipinski definition) is 5. The van der Waals surface area contributed by atoms with Crippen molar-refractivity contribution in [3.05, 3.63) is 24.0 Å². The first-order valence-corrected chi connectivity index (χ1v) is 7.55. The quantitative estimate of drug-likeness (QED) is 0.445. The van der Waals surface area contributed by atoms with E-state index in [1.165, 1.54) is 0 Å². The van der Waals surface area contributed by atoms with E-state index in [1.54, 1.807) is 6.92 Å². The molecule has 0 spiro atoms. The Kier molecular flexibility index (Phi) is 5.90. The van der Waals surface area contributed by atoms with Gasteiger partial charge in [-0.2, -0.15) is 0 Å². The average molecular weight is 304 g/mol. The van der Waals surface area contributed by atoms with E-state index in [0.29, 0.717) is 13.0 Å². The Balaban J connectivity index is 2.53. The fraction of sp³-hybridized carbons (Fsp3) is 0.417. The van der Waals surface area contributed by atoms with Crippen LogP contribution in [0.15, 0.2) is 23.1 Å².